The molecule has 0 aromatic carbocycles. The van der Waals surface area contributed by atoms with Crippen LogP contribution in [0.2, 0.25) is 0 Å². The second-order valence-electron chi connectivity index (χ2n) is 1.98. The molecule has 1 heterocycles. The van der Waals surface area contributed by atoms with Crippen molar-refractivity contribution in [2.24, 2.45) is 0 Å². The van der Waals surface area contributed by atoms with Crippen molar-refractivity contribution >= 4 is 0 Å². The zero-order valence-electron chi connectivity index (χ0n) is 5.62. The van der Waals surface area contributed by atoms with E-state index in [0.717, 1.165) is 6.07 Å². The average Bonchev–Trinajstić information content (AvgIpc) is 2.28. The van der Waals surface area contributed by atoms with E-state index >= 15 is 0 Å². The highest BCUT2D eigenvalue weighted by atomic mass is 19.4. The molecule has 0 fully saturated rings. The van der Waals surface area contributed by atoms with Gasteiger partial charge in [-0.05, 0) is 0 Å². The van der Waals surface area contributed by atoms with Crippen molar-refractivity contribution < 1.29 is 30.9 Å². The summed E-state index contributed by atoms with van der Waals surface area (Å²) in [7, 11) is 0. The Morgan fingerprint density at radius 3 is 1.77 bits per heavy atom. The van der Waals surface area contributed by atoms with Gasteiger partial charge in [0.1, 0.15) is 0 Å². The van der Waals surface area contributed by atoms with Gasteiger partial charge in [-0.1, -0.05) is 5.16 Å². The lowest BCUT2D eigenvalue weighted by Crippen LogP contribution is -2.06. The van der Waals surface area contributed by atoms with Crippen molar-refractivity contribution in [3.63, 3.8) is 0 Å². The molecule has 0 N–H and O–H groups in total. The van der Waals surface area contributed by atoms with Crippen LogP contribution in [-0.2, 0) is 12.4 Å². The first-order valence-electron chi connectivity index (χ1n) is 2.74. The predicted molar refractivity (Wildman–Crippen MR) is 25.3 cm³/mol. The highest BCUT2D eigenvalue weighted by Gasteiger charge is 2.42. The molecule has 73 valence electrons. The molecule has 13 heavy (non-hydrogen) atoms. The predicted octanol–water partition coefficient (Wildman–Crippen LogP) is 2.51. The van der Waals surface area contributed by atoms with Gasteiger partial charge in [0.05, 0.1) is 6.07 Å². The Morgan fingerprint density at radius 1 is 1.00 bits per heavy atom. The van der Waals surface area contributed by atoms with Gasteiger partial charge in [-0.15, -0.1) is 0 Å². The molecule has 0 unspecified atom stereocenters. The summed E-state index contributed by atoms with van der Waals surface area (Å²) in [5.41, 5.74) is -1.82. The minimum Gasteiger partial charge on any atom is -0.350 e. The van der Waals surface area contributed by atoms with Crippen molar-refractivity contribution in [3.8, 4) is 0 Å². The van der Waals surface area contributed by atoms with Crippen LogP contribution < -0.4 is 0 Å². The van der Waals surface area contributed by atoms with Crippen molar-refractivity contribution in [1.82, 2.24) is 5.16 Å². The summed E-state index contributed by atoms with van der Waals surface area (Å²) in [4.78, 5) is 0. The van der Waals surface area contributed by atoms with Gasteiger partial charge in [0.2, 0.25) is 5.76 Å². The standard InChI is InChI=1S/C5F6NO/c6-4(7,8)2-1-3(13-12-2)5(9,10)11. The zero-order chi connectivity index (χ0) is 10.3. The molecule has 2 nitrogen and oxygen atoms in total. The van der Waals surface area contributed by atoms with E-state index in [9.17, 15) is 26.3 Å². The molecule has 1 radical (unpaired) electrons. The molecule has 0 aliphatic rings. The van der Waals surface area contributed by atoms with Crippen LogP contribution >= 0.6 is 0 Å². The number of halogens is 6. The Hall–Kier alpha value is -1.21. The number of nitrogens with zero attached hydrogens (tertiary/aromatic N) is 1. The zero-order valence-corrected chi connectivity index (χ0v) is 5.62. The number of hydrogen-bond acceptors (Lipinski definition) is 2. The van der Waals surface area contributed by atoms with Gasteiger partial charge in [0.15, 0.2) is 5.69 Å². The highest BCUT2D eigenvalue weighted by Crippen LogP contribution is 2.34. The highest BCUT2D eigenvalue weighted by molar-refractivity contribution is 5.08. The van der Waals surface area contributed by atoms with E-state index in [-0.39, 0.29) is 0 Å². The van der Waals surface area contributed by atoms with Gasteiger partial charge in [0, 0.05) is 0 Å². The first-order chi connectivity index (χ1) is 5.71. The van der Waals surface area contributed by atoms with Crippen molar-refractivity contribution in [1.29, 1.82) is 0 Å². The van der Waals surface area contributed by atoms with Gasteiger partial charge in [0.25, 0.3) is 0 Å². The fourth-order valence-electron chi connectivity index (χ4n) is 0.490. The number of alkyl halides is 6. The van der Waals surface area contributed by atoms with Crippen LogP contribution in [0.3, 0.4) is 0 Å². The Bertz CT molecular complexity index is 268. The molecule has 0 atom stereocenters. The van der Waals surface area contributed by atoms with E-state index in [1.54, 1.807) is 0 Å². The van der Waals surface area contributed by atoms with Gasteiger partial charge in [-0.25, -0.2) is 0 Å². The summed E-state index contributed by atoms with van der Waals surface area (Å²) in [6.07, 6.45) is -9.98. The average molecular weight is 204 g/mol. The summed E-state index contributed by atoms with van der Waals surface area (Å²) >= 11 is 0. The Morgan fingerprint density at radius 2 is 1.54 bits per heavy atom. The maximum absolute atomic E-state index is 11.7. The van der Waals surface area contributed by atoms with E-state index in [2.05, 4.69) is 9.68 Å². The van der Waals surface area contributed by atoms with Crippen LogP contribution in [0.5, 0.6) is 0 Å². The quantitative estimate of drug-likeness (QED) is 0.607. The van der Waals surface area contributed by atoms with Crippen LogP contribution in [0.15, 0.2) is 4.52 Å². The SMILES string of the molecule is FC(F)(F)c1[c]c(C(F)(F)F)on1. The van der Waals surface area contributed by atoms with Crippen molar-refractivity contribution in [3.05, 3.63) is 17.5 Å². The largest absolute Gasteiger partial charge is 0.453 e. The lowest BCUT2D eigenvalue weighted by atomic mass is 10.3. The monoisotopic (exact) mass is 204 g/mol. The molecule has 1 aromatic heterocycles. The summed E-state index contributed by atoms with van der Waals surface area (Å²) < 4.78 is 73.4. The van der Waals surface area contributed by atoms with Gasteiger partial charge >= 0.3 is 12.4 Å². The molecular formula is C5F6NO. The van der Waals surface area contributed by atoms with E-state index in [1.807, 2.05) is 0 Å². The third kappa shape index (κ3) is 2.13. The van der Waals surface area contributed by atoms with E-state index in [4.69, 9.17) is 0 Å². The summed E-state index contributed by atoms with van der Waals surface area (Å²) in [6.45, 7) is 0. The smallest absolute Gasteiger partial charge is 0.350 e. The van der Waals surface area contributed by atoms with Crippen LogP contribution in [0, 0.1) is 6.07 Å². The lowest BCUT2D eigenvalue weighted by molar-refractivity contribution is -0.156. The molecule has 1 rings (SSSR count). The maximum atomic E-state index is 11.7. The fourth-order valence-corrected chi connectivity index (χ4v) is 0.490. The third-order valence-corrected chi connectivity index (χ3v) is 0.986. The van der Waals surface area contributed by atoms with Gasteiger partial charge in [-0.2, -0.15) is 26.3 Å². The second-order valence-corrected chi connectivity index (χ2v) is 1.98. The number of rotatable bonds is 0. The molecule has 0 aliphatic carbocycles. The molecule has 0 bridgehead atoms. The first kappa shape index (κ1) is 9.87. The molecule has 0 saturated heterocycles. The Labute approximate surface area is 67.1 Å². The van der Waals surface area contributed by atoms with Gasteiger partial charge < -0.3 is 4.52 Å². The molecule has 0 amide bonds. The summed E-state index contributed by atoms with van der Waals surface area (Å²) in [5.74, 6) is -1.89. The van der Waals surface area contributed by atoms with Crippen LogP contribution in [0.4, 0.5) is 26.3 Å². The second kappa shape index (κ2) is 2.64. The van der Waals surface area contributed by atoms with Crippen molar-refractivity contribution in [2.45, 2.75) is 12.4 Å². The third-order valence-electron chi connectivity index (χ3n) is 0.986. The Balaban J connectivity index is 3.01. The maximum Gasteiger partial charge on any atom is 0.453 e. The lowest BCUT2D eigenvalue weighted by Gasteiger charge is -1.98. The number of hydrogen-bond donors (Lipinski definition) is 0. The van der Waals surface area contributed by atoms with E-state index < -0.39 is 23.8 Å². The van der Waals surface area contributed by atoms with Gasteiger partial charge in [-0.3, -0.25) is 0 Å². The molecule has 8 heteroatoms. The topological polar surface area (TPSA) is 26.0 Å². The summed E-state index contributed by atoms with van der Waals surface area (Å²) in [5, 5.41) is 2.18. The first-order valence-corrected chi connectivity index (χ1v) is 2.74. The van der Waals surface area contributed by atoms with Crippen LogP contribution in [-0.4, -0.2) is 5.16 Å². The van der Waals surface area contributed by atoms with E-state index in [1.165, 1.54) is 0 Å². The van der Waals surface area contributed by atoms with Crippen LogP contribution in [0.25, 0.3) is 0 Å². The summed E-state index contributed by atoms with van der Waals surface area (Å²) in [6, 6.07) is 0.965. The van der Waals surface area contributed by atoms with Crippen molar-refractivity contribution in [2.75, 3.05) is 0 Å². The molecule has 0 saturated carbocycles. The van der Waals surface area contributed by atoms with E-state index in [0.29, 0.717) is 0 Å². The fraction of sp³-hybridized carbons (Fsp3) is 0.400. The molecular weight excluding hydrogens is 204 g/mol. The van der Waals surface area contributed by atoms with Crippen LogP contribution in [0.1, 0.15) is 11.5 Å². The molecule has 1 aromatic rings. The molecule has 0 spiro atoms. The normalized spacial score (nSPS) is 13.4. The minimum atomic E-state index is -5.00. The minimum absolute atomic E-state index is 0.965. The molecule has 0 aliphatic heterocycles. The number of aromatic nitrogens is 1. The Kier molecular flexibility index (Phi) is 2.01.